The van der Waals surface area contributed by atoms with Crippen molar-refractivity contribution in [2.75, 3.05) is 17.7 Å². The third-order valence-electron chi connectivity index (χ3n) is 2.58. The van der Waals surface area contributed by atoms with Crippen LogP contribution < -0.4 is 10.6 Å². The van der Waals surface area contributed by atoms with Crippen LogP contribution in [0.3, 0.4) is 0 Å². The van der Waals surface area contributed by atoms with Crippen molar-refractivity contribution in [3.05, 3.63) is 47.9 Å². The molecule has 2 aromatic rings. The van der Waals surface area contributed by atoms with Gasteiger partial charge in [0.05, 0.1) is 12.4 Å². The molecule has 1 heterocycles. The number of carbonyl (C=O) groups is 1. The number of nitrogens with two attached hydrogens (primary N) is 1. The van der Waals surface area contributed by atoms with Crippen LogP contribution in [0.15, 0.2) is 36.7 Å². The highest BCUT2D eigenvalue weighted by Crippen LogP contribution is 2.16. The molecule has 2 N–H and O–H groups in total. The summed E-state index contributed by atoms with van der Waals surface area (Å²) in [6.07, 6.45) is 2.75. The summed E-state index contributed by atoms with van der Waals surface area (Å²) in [6.45, 7) is 1.98. The molecule has 0 saturated carbocycles. The third-order valence-corrected chi connectivity index (χ3v) is 2.58. The molecule has 0 unspecified atom stereocenters. The van der Waals surface area contributed by atoms with Crippen molar-refractivity contribution in [3.63, 3.8) is 0 Å². The number of benzene rings is 1. The monoisotopic (exact) mass is 242 g/mol. The summed E-state index contributed by atoms with van der Waals surface area (Å²) in [6, 6.07) is 7.69. The fourth-order valence-corrected chi connectivity index (χ4v) is 1.57. The van der Waals surface area contributed by atoms with Gasteiger partial charge in [-0.1, -0.05) is 12.1 Å². The number of hydrogen-bond donors (Lipinski definition) is 1. The lowest BCUT2D eigenvalue weighted by Gasteiger charge is -2.17. The second kappa shape index (κ2) is 4.83. The van der Waals surface area contributed by atoms with Crippen LogP contribution in [-0.4, -0.2) is 22.9 Å². The molecule has 0 saturated heterocycles. The largest absolute Gasteiger partial charge is 0.382 e. The van der Waals surface area contributed by atoms with E-state index in [1.54, 1.807) is 7.05 Å². The maximum atomic E-state index is 12.2. The smallest absolute Gasteiger partial charge is 0.278 e. The van der Waals surface area contributed by atoms with Crippen molar-refractivity contribution >= 4 is 17.4 Å². The number of nitrogen functional groups attached to an aromatic ring is 1. The molecule has 1 aromatic heterocycles. The summed E-state index contributed by atoms with van der Waals surface area (Å²) in [7, 11) is 1.70. The molecular weight excluding hydrogens is 228 g/mol. The number of amides is 1. The number of carbonyl (C=O) groups excluding carboxylic acids is 1. The molecule has 0 fully saturated rings. The Balaban J connectivity index is 2.26. The highest BCUT2D eigenvalue weighted by atomic mass is 16.2. The van der Waals surface area contributed by atoms with E-state index >= 15 is 0 Å². The Labute approximate surface area is 105 Å². The molecule has 0 aliphatic rings. The first-order chi connectivity index (χ1) is 8.58. The predicted octanol–water partition coefficient (Wildman–Crippen LogP) is 1.64. The Bertz CT molecular complexity index is 565. The van der Waals surface area contributed by atoms with Crippen LogP contribution in [0, 0.1) is 6.92 Å². The Morgan fingerprint density at radius 2 is 2.06 bits per heavy atom. The van der Waals surface area contributed by atoms with Gasteiger partial charge in [0.1, 0.15) is 11.5 Å². The van der Waals surface area contributed by atoms with Crippen LogP contribution in [0.2, 0.25) is 0 Å². The molecule has 0 spiro atoms. The molecule has 0 atom stereocenters. The first-order valence-corrected chi connectivity index (χ1v) is 5.50. The average molecular weight is 242 g/mol. The Hall–Kier alpha value is -2.43. The van der Waals surface area contributed by atoms with E-state index in [1.807, 2.05) is 31.2 Å². The molecule has 0 bridgehead atoms. The molecule has 5 heteroatoms. The molecule has 18 heavy (non-hydrogen) atoms. The van der Waals surface area contributed by atoms with Gasteiger partial charge < -0.3 is 10.6 Å². The lowest BCUT2D eigenvalue weighted by Crippen LogP contribution is -2.27. The van der Waals surface area contributed by atoms with Gasteiger partial charge in [-0.25, -0.2) is 9.97 Å². The molecule has 0 aliphatic heterocycles. The quantitative estimate of drug-likeness (QED) is 0.869. The van der Waals surface area contributed by atoms with Crippen LogP contribution in [0.1, 0.15) is 16.1 Å². The highest BCUT2D eigenvalue weighted by Gasteiger charge is 2.15. The SMILES string of the molecule is Cc1cccc(N(C)C(=O)c2cnc(N)cn2)c1. The van der Waals surface area contributed by atoms with E-state index in [0.717, 1.165) is 11.3 Å². The summed E-state index contributed by atoms with van der Waals surface area (Å²) in [4.78, 5) is 21.5. The van der Waals surface area contributed by atoms with Gasteiger partial charge in [-0.05, 0) is 24.6 Å². The lowest BCUT2D eigenvalue weighted by molar-refractivity contribution is 0.0988. The van der Waals surface area contributed by atoms with E-state index in [1.165, 1.54) is 17.3 Å². The van der Waals surface area contributed by atoms with Crippen molar-refractivity contribution in [2.24, 2.45) is 0 Å². The van der Waals surface area contributed by atoms with Gasteiger partial charge in [-0.15, -0.1) is 0 Å². The Morgan fingerprint density at radius 3 is 2.67 bits per heavy atom. The fraction of sp³-hybridized carbons (Fsp3) is 0.154. The molecular formula is C13H14N4O. The molecule has 1 aromatic carbocycles. The number of aromatic nitrogens is 2. The van der Waals surface area contributed by atoms with Crippen molar-refractivity contribution in [3.8, 4) is 0 Å². The molecule has 0 radical (unpaired) electrons. The minimum absolute atomic E-state index is 0.215. The summed E-state index contributed by atoms with van der Waals surface area (Å²) in [5.74, 6) is 0.0814. The average Bonchev–Trinajstić information content (AvgIpc) is 2.38. The summed E-state index contributed by atoms with van der Waals surface area (Å²) in [5.41, 5.74) is 7.62. The Kier molecular flexibility index (Phi) is 3.23. The molecule has 1 amide bonds. The van der Waals surface area contributed by atoms with Crippen molar-refractivity contribution in [1.29, 1.82) is 0 Å². The predicted molar refractivity (Wildman–Crippen MR) is 70.4 cm³/mol. The first-order valence-electron chi connectivity index (χ1n) is 5.50. The number of rotatable bonds is 2. The van der Waals surface area contributed by atoms with Crippen LogP contribution in [0.25, 0.3) is 0 Å². The van der Waals surface area contributed by atoms with Gasteiger partial charge in [-0.2, -0.15) is 0 Å². The number of aryl methyl sites for hydroxylation is 1. The van der Waals surface area contributed by atoms with E-state index in [-0.39, 0.29) is 11.6 Å². The van der Waals surface area contributed by atoms with Gasteiger partial charge in [0.2, 0.25) is 0 Å². The van der Waals surface area contributed by atoms with Crippen LogP contribution >= 0.6 is 0 Å². The zero-order chi connectivity index (χ0) is 13.1. The van der Waals surface area contributed by atoms with E-state index < -0.39 is 0 Å². The van der Waals surface area contributed by atoms with Gasteiger partial charge in [0.25, 0.3) is 5.91 Å². The van der Waals surface area contributed by atoms with Gasteiger partial charge >= 0.3 is 0 Å². The minimum atomic E-state index is -0.215. The maximum absolute atomic E-state index is 12.2. The molecule has 0 aliphatic carbocycles. The summed E-state index contributed by atoms with van der Waals surface area (Å²) in [5, 5.41) is 0. The summed E-state index contributed by atoms with van der Waals surface area (Å²) < 4.78 is 0. The molecule has 5 nitrogen and oxygen atoms in total. The standard InChI is InChI=1S/C13H14N4O/c1-9-4-3-5-10(6-9)17(2)13(18)11-7-16-12(14)8-15-11/h3-8H,1-2H3,(H2,14,16). The lowest BCUT2D eigenvalue weighted by atomic mass is 10.2. The van der Waals surface area contributed by atoms with Crippen LogP contribution in [-0.2, 0) is 0 Å². The summed E-state index contributed by atoms with van der Waals surface area (Å²) >= 11 is 0. The first kappa shape index (κ1) is 12.0. The number of nitrogens with zero attached hydrogens (tertiary/aromatic N) is 3. The van der Waals surface area contributed by atoms with E-state index in [9.17, 15) is 4.79 Å². The van der Waals surface area contributed by atoms with Crippen LogP contribution in [0.5, 0.6) is 0 Å². The Morgan fingerprint density at radius 1 is 1.28 bits per heavy atom. The van der Waals surface area contributed by atoms with Crippen molar-refractivity contribution in [2.45, 2.75) is 6.92 Å². The van der Waals surface area contributed by atoms with Crippen LogP contribution in [0.4, 0.5) is 11.5 Å². The van der Waals surface area contributed by atoms with E-state index in [2.05, 4.69) is 9.97 Å². The molecule has 92 valence electrons. The van der Waals surface area contributed by atoms with Gasteiger partial charge in [-0.3, -0.25) is 4.79 Å². The fourth-order valence-electron chi connectivity index (χ4n) is 1.57. The van der Waals surface area contributed by atoms with E-state index in [4.69, 9.17) is 5.73 Å². The third kappa shape index (κ3) is 2.45. The highest BCUT2D eigenvalue weighted by molar-refractivity contribution is 6.04. The zero-order valence-corrected chi connectivity index (χ0v) is 10.3. The van der Waals surface area contributed by atoms with Crippen molar-refractivity contribution in [1.82, 2.24) is 9.97 Å². The zero-order valence-electron chi connectivity index (χ0n) is 10.3. The van der Waals surface area contributed by atoms with Gasteiger partial charge in [0, 0.05) is 12.7 Å². The topological polar surface area (TPSA) is 72.1 Å². The number of anilines is 2. The van der Waals surface area contributed by atoms with Gasteiger partial charge in [0.15, 0.2) is 0 Å². The number of hydrogen-bond acceptors (Lipinski definition) is 4. The minimum Gasteiger partial charge on any atom is -0.382 e. The molecule has 2 rings (SSSR count). The second-order valence-corrected chi connectivity index (χ2v) is 4.03. The normalized spacial score (nSPS) is 10.1. The second-order valence-electron chi connectivity index (χ2n) is 4.03. The van der Waals surface area contributed by atoms with E-state index in [0.29, 0.717) is 5.82 Å². The van der Waals surface area contributed by atoms with Crippen molar-refractivity contribution < 1.29 is 4.79 Å². The maximum Gasteiger partial charge on any atom is 0.278 e.